The molecule has 1 atom stereocenters. The summed E-state index contributed by atoms with van der Waals surface area (Å²) in [7, 11) is -3.66. The zero-order valence-corrected chi connectivity index (χ0v) is 23.3. The van der Waals surface area contributed by atoms with E-state index in [0.717, 1.165) is 36.2 Å². The summed E-state index contributed by atoms with van der Waals surface area (Å²) in [5.41, 5.74) is 0.953. The van der Waals surface area contributed by atoms with E-state index < -0.39 is 21.9 Å². The van der Waals surface area contributed by atoms with Gasteiger partial charge in [0.1, 0.15) is 11.9 Å². The van der Waals surface area contributed by atoms with Gasteiger partial charge in [-0.05, 0) is 68.1 Å². The summed E-state index contributed by atoms with van der Waals surface area (Å²) in [5.74, 6) is -1.03. The zero-order valence-electron chi connectivity index (χ0n) is 20.9. The Morgan fingerprint density at radius 1 is 1.11 bits per heavy atom. The molecule has 1 fully saturated rings. The van der Waals surface area contributed by atoms with Gasteiger partial charge in [0, 0.05) is 35.6 Å². The molecule has 0 aromatic heterocycles. The molecular weight excluding hydrogens is 540 g/mol. The lowest BCUT2D eigenvalue weighted by Gasteiger charge is -2.30. The second-order valence-corrected chi connectivity index (χ2v) is 12.1. The van der Waals surface area contributed by atoms with E-state index >= 15 is 0 Å². The number of anilines is 1. The van der Waals surface area contributed by atoms with Crippen LogP contribution in [0, 0.1) is 5.82 Å². The first-order valence-electron chi connectivity index (χ1n) is 12.2. The van der Waals surface area contributed by atoms with Crippen molar-refractivity contribution in [3.8, 4) is 0 Å². The van der Waals surface area contributed by atoms with Gasteiger partial charge in [-0.3, -0.25) is 13.9 Å². The summed E-state index contributed by atoms with van der Waals surface area (Å²) >= 11 is 12.4. The lowest BCUT2D eigenvalue weighted by molar-refractivity contribution is -0.140. The lowest BCUT2D eigenvalue weighted by atomic mass is 10.1. The fourth-order valence-corrected chi connectivity index (χ4v) is 5.85. The highest BCUT2D eigenvalue weighted by Gasteiger charge is 2.29. The summed E-state index contributed by atoms with van der Waals surface area (Å²) in [6.45, 7) is 1.80. The number of benzene rings is 2. The molecule has 37 heavy (non-hydrogen) atoms. The van der Waals surface area contributed by atoms with Gasteiger partial charge in [-0.1, -0.05) is 42.1 Å². The first-order chi connectivity index (χ1) is 17.5. The van der Waals surface area contributed by atoms with Gasteiger partial charge in [-0.2, -0.15) is 0 Å². The summed E-state index contributed by atoms with van der Waals surface area (Å²) in [6.07, 6.45) is 5.22. The number of sulfonamides is 1. The van der Waals surface area contributed by atoms with Gasteiger partial charge in [-0.15, -0.1) is 0 Å². The van der Waals surface area contributed by atoms with Crippen LogP contribution < -0.4 is 9.62 Å². The van der Waals surface area contributed by atoms with Crippen molar-refractivity contribution in [2.75, 3.05) is 17.1 Å². The van der Waals surface area contributed by atoms with Crippen molar-refractivity contribution in [1.82, 2.24) is 10.2 Å². The van der Waals surface area contributed by atoms with E-state index in [1.165, 1.54) is 29.2 Å². The number of hydrogen-bond acceptors (Lipinski definition) is 4. The number of carbonyl (C=O) groups excluding carboxylic acids is 2. The minimum absolute atomic E-state index is 0.000524. The first kappa shape index (κ1) is 29.2. The minimum atomic E-state index is -3.66. The maximum atomic E-state index is 13.4. The van der Waals surface area contributed by atoms with Gasteiger partial charge in [0.05, 0.1) is 11.9 Å². The lowest BCUT2D eigenvalue weighted by Crippen LogP contribution is -2.49. The SMILES string of the molecule is CC(C(=O)NC1CCCC1)N(Cc1ccc(Cl)cc1Cl)C(=O)CCCN(c1ccc(F)cc1)S(C)(=O)=O. The van der Waals surface area contributed by atoms with E-state index in [0.29, 0.717) is 21.3 Å². The predicted octanol–water partition coefficient (Wildman–Crippen LogP) is 5.15. The Kier molecular flexibility index (Phi) is 10.2. The molecule has 0 radical (unpaired) electrons. The molecular formula is C26H32Cl2FN3O4S. The molecule has 1 aliphatic rings. The van der Waals surface area contributed by atoms with Gasteiger partial charge in [0.25, 0.3) is 0 Å². The molecule has 7 nitrogen and oxygen atoms in total. The van der Waals surface area contributed by atoms with Crippen molar-refractivity contribution in [2.45, 2.75) is 64.1 Å². The minimum Gasteiger partial charge on any atom is -0.352 e. The number of hydrogen-bond donors (Lipinski definition) is 1. The van der Waals surface area contributed by atoms with Crippen molar-refractivity contribution in [1.29, 1.82) is 0 Å². The van der Waals surface area contributed by atoms with Crippen LogP contribution in [0.25, 0.3) is 0 Å². The van der Waals surface area contributed by atoms with Crippen LogP contribution in [0.3, 0.4) is 0 Å². The van der Waals surface area contributed by atoms with Crippen molar-refractivity contribution < 1.29 is 22.4 Å². The summed E-state index contributed by atoms with van der Waals surface area (Å²) in [4.78, 5) is 27.9. The monoisotopic (exact) mass is 571 g/mol. The van der Waals surface area contributed by atoms with Crippen LogP contribution in [0.4, 0.5) is 10.1 Å². The van der Waals surface area contributed by atoms with Gasteiger partial charge >= 0.3 is 0 Å². The van der Waals surface area contributed by atoms with Crippen molar-refractivity contribution in [3.05, 3.63) is 63.9 Å². The van der Waals surface area contributed by atoms with Gasteiger partial charge in [0.2, 0.25) is 21.8 Å². The molecule has 0 heterocycles. The molecule has 1 unspecified atom stereocenters. The van der Waals surface area contributed by atoms with Crippen LogP contribution in [0.2, 0.25) is 10.0 Å². The van der Waals surface area contributed by atoms with E-state index in [1.54, 1.807) is 25.1 Å². The topological polar surface area (TPSA) is 86.8 Å². The number of amides is 2. The number of halogens is 3. The molecule has 202 valence electrons. The highest BCUT2D eigenvalue weighted by molar-refractivity contribution is 7.92. The van der Waals surface area contributed by atoms with Crippen LogP contribution >= 0.6 is 23.2 Å². The molecule has 0 bridgehead atoms. The molecule has 0 spiro atoms. The Balaban J connectivity index is 1.74. The fourth-order valence-electron chi connectivity index (χ4n) is 4.42. The first-order valence-corrected chi connectivity index (χ1v) is 14.8. The Hall–Kier alpha value is -2.36. The van der Waals surface area contributed by atoms with Gasteiger partial charge in [-0.25, -0.2) is 12.8 Å². The van der Waals surface area contributed by atoms with Gasteiger partial charge in [0.15, 0.2) is 0 Å². The van der Waals surface area contributed by atoms with E-state index in [4.69, 9.17) is 23.2 Å². The van der Waals surface area contributed by atoms with E-state index in [2.05, 4.69) is 5.32 Å². The van der Waals surface area contributed by atoms with Crippen molar-refractivity contribution in [3.63, 3.8) is 0 Å². The van der Waals surface area contributed by atoms with Crippen LogP contribution in [-0.4, -0.2) is 50.0 Å². The number of rotatable bonds is 11. The van der Waals surface area contributed by atoms with Crippen LogP contribution in [0.5, 0.6) is 0 Å². The molecule has 3 rings (SSSR count). The second-order valence-electron chi connectivity index (χ2n) is 9.34. The van der Waals surface area contributed by atoms with Crippen molar-refractivity contribution >= 4 is 50.7 Å². The Morgan fingerprint density at radius 2 is 1.76 bits per heavy atom. The third-order valence-corrected chi connectivity index (χ3v) is 8.27. The van der Waals surface area contributed by atoms with Crippen LogP contribution in [0.1, 0.15) is 51.0 Å². The van der Waals surface area contributed by atoms with Crippen LogP contribution in [-0.2, 0) is 26.2 Å². The molecule has 2 amide bonds. The highest BCUT2D eigenvalue weighted by atomic mass is 35.5. The number of carbonyl (C=O) groups is 2. The second kappa shape index (κ2) is 12.9. The summed E-state index contributed by atoms with van der Waals surface area (Å²) in [6, 6.07) is 9.42. The smallest absolute Gasteiger partial charge is 0.242 e. The predicted molar refractivity (Wildman–Crippen MR) is 145 cm³/mol. The Bertz CT molecular complexity index is 1200. The largest absolute Gasteiger partial charge is 0.352 e. The third-order valence-electron chi connectivity index (χ3n) is 6.49. The quantitative estimate of drug-likeness (QED) is 0.404. The summed E-state index contributed by atoms with van der Waals surface area (Å²) in [5, 5.41) is 3.88. The average Bonchev–Trinajstić information content (AvgIpc) is 3.34. The maximum Gasteiger partial charge on any atom is 0.242 e. The Morgan fingerprint density at radius 3 is 2.35 bits per heavy atom. The molecule has 1 saturated carbocycles. The fraction of sp³-hybridized carbons (Fsp3) is 0.462. The molecule has 2 aromatic carbocycles. The van der Waals surface area contributed by atoms with E-state index in [1.807, 2.05) is 0 Å². The highest BCUT2D eigenvalue weighted by Crippen LogP contribution is 2.25. The van der Waals surface area contributed by atoms with Crippen molar-refractivity contribution in [2.24, 2.45) is 0 Å². The molecule has 11 heteroatoms. The number of nitrogens with one attached hydrogen (secondary N) is 1. The normalized spacial score (nSPS) is 14.8. The maximum absolute atomic E-state index is 13.4. The van der Waals surface area contributed by atoms with Crippen LogP contribution in [0.15, 0.2) is 42.5 Å². The summed E-state index contributed by atoms with van der Waals surface area (Å²) < 4.78 is 39.2. The van der Waals surface area contributed by atoms with E-state index in [-0.39, 0.29) is 43.8 Å². The molecule has 0 saturated heterocycles. The Labute approximate surface area is 228 Å². The molecule has 1 aliphatic carbocycles. The standard InChI is InChI=1S/C26H32Cl2FN3O4S/c1-18(26(34)30-22-6-3-4-7-22)31(17-19-9-10-20(27)16-24(19)28)25(33)8-5-15-32(37(2,35)36)23-13-11-21(29)12-14-23/h9-14,16,18,22H,3-8,15,17H2,1-2H3,(H,30,34). The molecule has 1 N–H and O–H groups in total. The molecule has 2 aromatic rings. The average molecular weight is 573 g/mol. The van der Waals surface area contributed by atoms with E-state index in [9.17, 15) is 22.4 Å². The van der Waals surface area contributed by atoms with Gasteiger partial charge < -0.3 is 10.2 Å². The third kappa shape index (κ3) is 8.32. The molecule has 0 aliphatic heterocycles. The zero-order chi connectivity index (χ0) is 27.2. The number of nitrogens with zero attached hydrogens (tertiary/aromatic N) is 2.